The van der Waals surface area contributed by atoms with Crippen LogP contribution in [0.3, 0.4) is 0 Å². The average molecular weight is 467 g/mol. The van der Waals surface area contributed by atoms with E-state index in [-0.39, 0.29) is 18.4 Å². The monoisotopic (exact) mass is 466 g/mol. The molecule has 2 N–H and O–H groups in total. The van der Waals surface area contributed by atoms with Crippen molar-refractivity contribution in [2.24, 2.45) is 0 Å². The van der Waals surface area contributed by atoms with Crippen LogP contribution >= 0.6 is 11.6 Å². The molecule has 0 aliphatic heterocycles. The molecule has 2 aromatic carbocycles. The number of halogens is 1. The van der Waals surface area contributed by atoms with Crippen LogP contribution < -0.4 is 10.6 Å². The molecule has 0 radical (unpaired) electrons. The quantitative estimate of drug-likeness (QED) is 0.514. The summed E-state index contributed by atoms with van der Waals surface area (Å²) in [6.07, 6.45) is 3.58. The standard InChI is InChI=1S/C24H23ClN4O4/c1-14-3-10-18(11-20(14)25)29-22(15-4-5-15)19(12-27-29)24(32)28-17-8-6-16(7-9-17)23(31)26-13-21(30)33-2/h3,6-12,15H,4-5,13H2,1-2H3,(H,26,31)(H,28,32). The fourth-order valence-corrected chi connectivity index (χ4v) is 3.61. The van der Waals surface area contributed by atoms with Crippen LogP contribution in [0.4, 0.5) is 5.69 Å². The van der Waals surface area contributed by atoms with Gasteiger partial charge in [-0.2, -0.15) is 5.10 Å². The van der Waals surface area contributed by atoms with E-state index < -0.39 is 11.9 Å². The van der Waals surface area contributed by atoms with Crippen molar-refractivity contribution in [1.29, 1.82) is 0 Å². The zero-order valence-electron chi connectivity index (χ0n) is 18.2. The Kier molecular flexibility index (Phi) is 6.46. The van der Waals surface area contributed by atoms with Crippen LogP contribution in [0.25, 0.3) is 5.69 Å². The number of aromatic nitrogens is 2. The van der Waals surface area contributed by atoms with Gasteiger partial charge in [0.1, 0.15) is 6.54 Å². The molecule has 1 heterocycles. The molecule has 2 amide bonds. The molecule has 0 atom stereocenters. The first-order chi connectivity index (χ1) is 15.9. The molecule has 170 valence electrons. The maximum Gasteiger partial charge on any atom is 0.325 e. The van der Waals surface area contributed by atoms with Crippen molar-refractivity contribution in [3.8, 4) is 5.69 Å². The van der Waals surface area contributed by atoms with E-state index in [1.807, 2.05) is 25.1 Å². The zero-order valence-corrected chi connectivity index (χ0v) is 19.0. The van der Waals surface area contributed by atoms with Crippen LogP contribution in [-0.4, -0.2) is 41.2 Å². The molecule has 0 unspecified atom stereocenters. The van der Waals surface area contributed by atoms with Gasteiger partial charge in [0.2, 0.25) is 0 Å². The van der Waals surface area contributed by atoms with E-state index in [4.69, 9.17) is 11.6 Å². The Morgan fingerprint density at radius 1 is 1.12 bits per heavy atom. The molecule has 33 heavy (non-hydrogen) atoms. The first-order valence-corrected chi connectivity index (χ1v) is 10.9. The van der Waals surface area contributed by atoms with Crippen LogP contribution in [-0.2, 0) is 9.53 Å². The fourth-order valence-electron chi connectivity index (χ4n) is 3.43. The summed E-state index contributed by atoms with van der Waals surface area (Å²) >= 11 is 6.29. The summed E-state index contributed by atoms with van der Waals surface area (Å²) in [6.45, 7) is 1.72. The Bertz CT molecular complexity index is 1220. The lowest BCUT2D eigenvalue weighted by molar-refractivity contribution is -0.139. The van der Waals surface area contributed by atoms with Crippen LogP contribution in [0.15, 0.2) is 48.7 Å². The first kappa shape index (κ1) is 22.5. The number of ether oxygens (including phenoxy) is 1. The number of rotatable bonds is 7. The lowest BCUT2D eigenvalue weighted by atomic mass is 10.1. The van der Waals surface area contributed by atoms with Gasteiger partial charge in [-0.15, -0.1) is 0 Å². The topological polar surface area (TPSA) is 102 Å². The molecule has 9 heteroatoms. The third-order valence-electron chi connectivity index (χ3n) is 5.44. The van der Waals surface area contributed by atoms with E-state index in [1.165, 1.54) is 7.11 Å². The molecule has 0 spiro atoms. The minimum Gasteiger partial charge on any atom is -0.468 e. The Morgan fingerprint density at radius 3 is 2.48 bits per heavy atom. The lowest BCUT2D eigenvalue weighted by Gasteiger charge is -2.11. The van der Waals surface area contributed by atoms with Crippen molar-refractivity contribution in [3.63, 3.8) is 0 Å². The SMILES string of the molecule is COC(=O)CNC(=O)c1ccc(NC(=O)c2cnn(-c3ccc(C)c(Cl)c3)c2C2CC2)cc1. The second-order valence-electron chi connectivity index (χ2n) is 7.85. The number of aryl methyl sites for hydroxylation is 1. The molecular formula is C24H23ClN4O4. The normalized spacial score (nSPS) is 12.8. The number of esters is 1. The highest BCUT2D eigenvalue weighted by atomic mass is 35.5. The van der Waals surface area contributed by atoms with E-state index in [1.54, 1.807) is 35.1 Å². The van der Waals surface area contributed by atoms with Gasteiger partial charge in [-0.3, -0.25) is 14.4 Å². The van der Waals surface area contributed by atoms with Crippen LogP contribution in [0, 0.1) is 6.92 Å². The van der Waals surface area contributed by atoms with Gasteiger partial charge >= 0.3 is 5.97 Å². The van der Waals surface area contributed by atoms with Gasteiger partial charge in [-0.05, 0) is 61.7 Å². The van der Waals surface area contributed by atoms with Crippen molar-refractivity contribution < 1.29 is 19.1 Å². The second kappa shape index (κ2) is 9.46. The van der Waals surface area contributed by atoms with E-state index in [0.717, 1.165) is 29.8 Å². The van der Waals surface area contributed by atoms with Gasteiger partial charge in [-0.25, -0.2) is 4.68 Å². The molecule has 0 bridgehead atoms. The van der Waals surface area contributed by atoms with Crippen LogP contribution in [0.2, 0.25) is 5.02 Å². The predicted octanol–water partition coefficient (Wildman–Crippen LogP) is 3.87. The maximum absolute atomic E-state index is 13.0. The van der Waals surface area contributed by atoms with Gasteiger partial charge in [0.05, 0.1) is 30.3 Å². The summed E-state index contributed by atoms with van der Waals surface area (Å²) in [6, 6.07) is 12.1. The zero-order chi connectivity index (χ0) is 23.5. The Morgan fingerprint density at radius 2 is 1.85 bits per heavy atom. The number of hydrogen-bond donors (Lipinski definition) is 2. The summed E-state index contributed by atoms with van der Waals surface area (Å²) in [7, 11) is 1.25. The van der Waals surface area contributed by atoms with E-state index in [0.29, 0.717) is 21.8 Å². The fraction of sp³-hybridized carbons (Fsp3) is 0.250. The number of nitrogens with one attached hydrogen (secondary N) is 2. The number of anilines is 1. The van der Waals surface area contributed by atoms with E-state index in [9.17, 15) is 14.4 Å². The average Bonchev–Trinajstić information content (AvgIpc) is 3.56. The molecular weight excluding hydrogens is 444 g/mol. The molecule has 4 rings (SSSR count). The largest absolute Gasteiger partial charge is 0.468 e. The molecule has 8 nitrogen and oxygen atoms in total. The van der Waals surface area contributed by atoms with Crippen molar-refractivity contribution in [3.05, 3.63) is 76.1 Å². The highest BCUT2D eigenvalue weighted by molar-refractivity contribution is 6.31. The summed E-state index contributed by atoms with van der Waals surface area (Å²) in [5.41, 5.74) is 4.06. The number of nitrogens with zero attached hydrogens (tertiary/aromatic N) is 2. The van der Waals surface area contributed by atoms with Gasteiger partial charge in [0.25, 0.3) is 11.8 Å². The molecule has 3 aromatic rings. The van der Waals surface area contributed by atoms with Crippen LogP contribution in [0.1, 0.15) is 50.7 Å². The first-order valence-electron chi connectivity index (χ1n) is 10.5. The minimum absolute atomic E-state index is 0.214. The highest BCUT2D eigenvalue weighted by Crippen LogP contribution is 2.42. The number of hydrogen-bond acceptors (Lipinski definition) is 5. The number of carbonyl (C=O) groups is 3. The number of methoxy groups -OCH3 is 1. The molecule has 1 aromatic heterocycles. The van der Waals surface area contributed by atoms with Crippen molar-refractivity contribution in [2.45, 2.75) is 25.7 Å². The van der Waals surface area contributed by atoms with Gasteiger partial charge in [-0.1, -0.05) is 17.7 Å². The third-order valence-corrected chi connectivity index (χ3v) is 5.85. The van der Waals surface area contributed by atoms with Crippen molar-refractivity contribution in [1.82, 2.24) is 15.1 Å². The summed E-state index contributed by atoms with van der Waals surface area (Å²) in [5, 5.41) is 10.4. The Labute approximate surface area is 195 Å². The molecule has 1 aliphatic carbocycles. The van der Waals surface area contributed by atoms with Gasteiger partial charge < -0.3 is 15.4 Å². The third kappa shape index (κ3) is 5.06. The van der Waals surface area contributed by atoms with E-state index >= 15 is 0 Å². The molecule has 1 saturated carbocycles. The number of benzene rings is 2. The molecule has 1 aliphatic rings. The highest BCUT2D eigenvalue weighted by Gasteiger charge is 2.33. The van der Waals surface area contributed by atoms with Crippen molar-refractivity contribution >= 4 is 35.1 Å². The summed E-state index contributed by atoms with van der Waals surface area (Å²) in [4.78, 5) is 36.3. The van der Waals surface area contributed by atoms with Crippen molar-refractivity contribution in [2.75, 3.05) is 19.0 Å². The summed E-state index contributed by atoms with van der Waals surface area (Å²) < 4.78 is 6.28. The van der Waals surface area contributed by atoms with E-state index in [2.05, 4.69) is 20.5 Å². The van der Waals surface area contributed by atoms with Gasteiger partial charge in [0.15, 0.2) is 0 Å². The molecule has 0 saturated heterocycles. The maximum atomic E-state index is 13.0. The smallest absolute Gasteiger partial charge is 0.325 e. The number of carbonyl (C=O) groups excluding carboxylic acids is 3. The minimum atomic E-state index is -0.535. The summed E-state index contributed by atoms with van der Waals surface area (Å²) in [5.74, 6) is -0.946. The lowest BCUT2D eigenvalue weighted by Crippen LogP contribution is -2.30. The molecule has 1 fully saturated rings. The predicted molar refractivity (Wildman–Crippen MR) is 124 cm³/mol. The van der Waals surface area contributed by atoms with Gasteiger partial charge in [0, 0.05) is 22.2 Å². The number of amides is 2. The van der Waals surface area contributed by atoms with Crippen LogP contribution in [0.5, 0.6) is 0 Å². The Balaban J connectivity index is 1.50. The second-order valence-corrected chi connectivity index (χ2v) is 8.26. The Hall–Kier alpha value is -3.65.